The van der Waals surface area contributed by atoms with E-state index in [2.05, 4.69) is 9.88 Å². The second-order valence-corrected chi connectivity index (χ2v) is 4.38. The maximum atomic E-state index is 9.38. The summed E-state index contributed by atoms with van der Waals surface area (Å²) in [6.07, 6.45) is 3.37. The Labute approximate surface area is 94.7 Å². The Bertz CT molecular complexity index is 324. The molecule has 0 spiro atoms. The first-order valence-corrected chi connectivity index (χ1v) is 5.63. The second-order valence-electron chi connectivity index (χ2n) is 3.99. The standard InChI is InChI=1S/C11H15ClN2O/c12-11-7-9(1-4-13-11)8-14-5-2-10(15)3-6-14/h1,4,7,10,15H,2-3,5-6,8H2. The van der Waals surface area contributed by atoms with E-state index in [0.29, 0.717) is 5.15 Å². The maximum Gasteiger partial charge on any atom is 0.129 e. The van der Waals surface area contributed by atoms with Gasteiger partial charge in [-0.1, -0.05) is 11.6 Å². The molecule has 2 heterocycles. The van der Waals surface area contributed by atoms with Crippen LogP contribution in [0.3, 0.4) is 0 Å². The highest BCUT2D eigenvalue weighted by Crippen LogP contribution is 2.14. The SMILES string of the molecule is OC1CCN(Cc2ccnc(Cl)c2)CC1. The van der Waals surface area contributed by atoms with E-state index in [0.717, 1.165) is 32.5 Å². The number of likely N-dealkylation sites (tertiary alicyclic amines) is 1. The molecule has 0 saturated carbocycles. The molecule has 0 bridgehead atoms. The number of aliphatic hydroxyl groups excluding tert-OH is 1. The molecule has 1 fully saturated rings. The molecule has 82 valence electrons. The van der Waals surface area contributed by atoms with Crippen molar-refractivity contribution in [3.8, 4) is 0 Å². The Morgan fingerprint density at radius 3 is 2.87 bits per heavy atom. The van der Waals surface area contributed by atoms with Crippen LogP contribution in [0.5, 0.6) is 0 Å². The van der Waals surface area contributed by atoms with Crippen LogP contribution in [0.1, 0.15) is 18.4 Å². The van der Waals surface area contributed by atoms with Gasteiger partial charge in [0.1, 0.15) is 5.15 Å². The van der Waals surface area contributed by atoms with Gasteiger partial charge in [-0.3, -0.25) is 4.90 Å². The zero-order chi connectivity index (χ0) is 10.7. The molecule has 0 radical (unpaired) electrons. The van der Waals surface area contributed by atoms with Gasteiger partial charge in [0.2, 0.25) is 0 Å². The third kappa shape index (κ3) is 3.16. The topological polar surface area (TPSA) is 36.4 Å². The fourth-order valence-electron chi connectivity index (χ4n) is 1.88. The molecule has 15 heavy (non-hydrogen) atoms. The number of aromatic nitrogens is 1. The number of piperidine rings is 1. The molecule has 3 nitrogen and oxygen atoms in total. The lowest BCUT2D eigenvalue weighted by Crippen LogP contribution is -2.35. The minimum absolute atomic E-state index is 0.109. The van der Waals surface area contributed by atoms with Gasteiger partial charge in [0, 0.05) is 25.8 Å². The number of hydrogen-bond donors (Lipinski definition) is 1. The van der Waals surface area contributed by atoms with Gasteiger partial charge in [-0.2, -0.15) is 0 Å². The molecular weight excluding hydrogens is 212 g/mol. The Balaban J connectivity index is 1.92. The monoisotopic (exact) mass is 226 g/mol. The molecule has 4 heteroatoms. The maximum absolute atomic E-state index is 9.38. The number of nitrogens with zero attached hydrogens (tertiary/aromatic N) is 2. The Kier molecular flexibility index (Phi) is 3.57. The molecule has 2 rings (SSSR count). The number of hydrogen-bond acceptors (Lipinski definition) is 3. The van der Waals surface area contributed by atoms with Crippen LogP contribution in [-0.4, -0.2) is 34.2 Å². The van der Waals surface area contributed by atoms with E-state index in [-0.39, 0.29) is 6.10 Å². The molecule has 1 aromatic rings. The first kappa shape index (κ1) is 10.9. The summed E-state index contributed by atoms with van der Waals surface area (Å²) in [6.45, 7) is 2.82. The third-order valence-electron chi connectivity index (χ3n) is 2.75. The van der Waals surface area contributed by atoms with Crippen molar-refractivity contribution >= 4 is 11.6 Å². The molecule has 0 aliphatic carbocycles. The van der Waals surface area contributed by atoms with Gasteiger partial charge in [0.15, 0.2) is 0 Å². The average molecular weight is 227 g/mol. The minimum atomic E-state index is -0.109. The van der Waals surface area contributed by atoms with Crippen molar-refractivity contribution in [2.45, 2.75) is 25.5 Å². The summed E-state index contributed by atoms with van der Waals surface area (Å²) in [7, 11) is 0. The molecule has 1 aliphatic rings. The van der Waals surface area contributed by atoms with Crippen LogP contribution in [-0.2, 0) is 6.54 Å². The summed E-state index contributed by atoms with van der Waals surface area (Å²) in [5.74, 6) is 0. The zero-order valence-electron chi connectivity index (χ0n) is 8.56. The van der Waals surface area contributed by atoms with Crippen molar-refractivity contribution in [1.29, 1.82) is 0 Å². The summed E-state index contributed by atoms with van der Waals surface area (Å²) in [5.41, 5.74) is 1.19. The predicted octanol–water partition coefficient (Wildman–Crippen LogP) is 1.69. The van der Waals surface area contributed by atoms with Crippen LogP contribution in [0, 0.1) is 0 Å². The molecule has 0 atom stereocenters. The fourth-order valence-corrected chi connectivity index (χ4v) is 2.07. The number of pyridine rings is 1. The Hall–Kier alpha value is -0.640. The smallest absolute Gasteiger partial charge is 0.129 e. The molecule has 0 amide bonds. The van der Waals surface area contributed by atoms with Crippen molar-refractivity contribution in [3.05, 3.63) is 29.0 Å². The highest BCUT2D eigenvalue weighted by Gasteiger charge is 2.16. The summed E-state index contributed by atoms with van der Waals surface area (Å²) >= 11 is 5.82. The van der Waals surface area contributed by atoms with Crippen molar-refractivity contribution in [2.24, 2.45) is 0 Å². The van der Waals surface area contributed by atoms with Gasteiger partial charge in [-0.05, 0) is 30.5 Å². The van der Waals surface area contributed by atoms with E-state index >= 15 is 0 Å². The van der Waals surface area contributed by atoms with Crippen molar-refractivity contribution in [3.63, 3.8) is 0 Å². The lowest BCUT2D eigenvalue weighted by Gasteiger charge is -2.29. The summed E-state index contributed by atoms with van der Waals surface area (Å²) in [6, 6.07) is 3.88. The minimum Gasteiger partial charge on any atom is -0.393 e. The quantitative estimate of drug-likeness (QED) is 0.780. The van der Waals surface area contributed by atoms with Gasteiger partial charge < -0.3 is 5.11 Å². The van der Waals surface area contributed by atoms with Crippen LogP contribution in [0.4, 0.5) is 0 Å². The highest BCUT2D eigenvalue weighted by molar-refractivity contribution is 6.29. The van der Waals surface area contributed by atoms with Gasteiger partial charge >= 0.3 is 0 Å². The number of aliphatic hydroxyl groups is 1. The molecule has 1 N–H and O–H groups in total. The van der Waals surface area contributed by atoms with E-state index in [1.54, 1.807) is 6.20 Å². The molecular formula is C11H15ClN2O. The van der Waals surface area contributed by atoms with E-state index < -0.39 is 0 Å². The van der Waals surface area contributed by atoms with Crippen LogP contribution >= 0.6 is 11.6 Å². The van der Waals surface area contributed by atoms with Crippen LogP contribution in [0.2, 0.25) is 5.15 Å². The number of halogens is 1. The first-order chi connectivity index (χ1) is 7.24. The normalized spacial score (nSPS) is 19.3. The Morgan fingerprint density at radius 1 is 1.47 bits per heavy atom. The third-order valence-corrected chi connectivity index (χ3v) is 2.96. The van der Waals surface area contributed by atoms with E-state index in [4.69, 9.17) is 11.6 Å². The zero-order valence-corrected chi connectivity index (χ0v) is 9.32. The van der Waals surface area contributed by atoms with Crippen molar-refractivity contribution in [1.82, 2.24) is 9.88 Å². The van der Waals surface area contributed by atoms with Crippen molar-refractivity contribution in [2.75, 3.05) is 13.1 Å². The molecule has 1 saturated heterocycles. The molecule has 1 aromatic heterocycles. The van der Waals surface area contributed by atoms with E-state index in [1.165, 1.54) is 5.56 Å². The van der Waals surface area contributed by atoms with Gasteiger partial charge in [-0.25, -0.2) is 4.98 Å². The second kappa shape index (κ2) is 4.92. The first-order valence-electron chi connectivity index (χ1n) is 5.25. The summed E-state index contributed by atoms with van der Waals surface area (Å²) < 4.78 is 0. The predicted molar refractivity (Wildman–Crippen MR) is 59.8 cm³/mol. The van der Waals surface area contributed by atoms with Crippen LogP contribution in [0.25, 0.3) is 0 Å². The van der Waals surface area contributed by atoms with Crippen LogP contribution in [0.15, 0.2) is 18.3 Å². The average Bonchev–Trinajstić information content (AvgIpc) is 2.22. The largest absolute Gasteiger partial charge is 0.393 e. The highest BCUT2D eigenvalue weighted by atomic mass is 35.5. The molecule has 0 aromatic carbocycles. The number of rotatable bonds is 2. The van der Waals surface area contributed by atoms with Gasteiger partial charge in [0.25, 0.3) is 0 Å². The molecule has 1 aliphatic heterocycles. The fraction of sp³-hybridized carbons (Fsp3) is 0.545. The van der Waals surface area contributed by atoms with Crippen LogP contribution < -0.4 is 0 Å². The van der Waals surface area contributed by atoms with Gasteiger partial charge in [-0.15, -0.1) is 0 Å². The van der Waals surface area contributed by atoms with Crippen molar-refractivity contribution < 1.29 is 5.11 Å². The summed E-state index contributed by atoms with van der Waals surface area (Å²) in [4.78, 5) is 6.28. The lowest BCUT2D eigenvalue weighted by molar-refractivity contribution is 0.0792. The summed E-state index contributed by atoms with van der Waals surface area (Å²) in [5, 5.41) is 9.93. The lowest BCUT2D eigenvalue weighted by atomic mass is 10.1. The van der Waals surface area contributed by atoms with E-state index in [9.17, 15) is 5.11 Å². The molecule has 0 unspecified atom stereocenters. The Morgan fingerprint density at radius 2 is 2.20 bits per heavy atom. The van der Waals surface area contributed by atoms with E-state index in [1.807, 2.05) is 12.1 Å². The van der Waals surface area contributed by atoms with Gasteiger partial charge in [0.05, 0.1) is 6.10 Å².